The van der Waals surface area contributed by atoms with E-state index < -0.39 is 0 Å². The molecule has 2 aromatic carbocycles. The lowest BCUT2D eigenvalue weighted by Crippen LogP contribution is -2.51. The Morgan fingerprint density at radius 1 is 1.04 bits per heavy atom. The van der Waals surface area contributed by atoms with Crippen LogP contribution in [0, 0.1) is 5.41 Å². The topological polar surface area (TPSA) is 71.8 Å². The van der Waals surface area contributed by atoms with Crippen molar-refractivity contribution in [1.82, 2.24) is 9.80 Å². The normalized spacial score (nSPS) is 14.4. The van der Waals surface area contributed by atoms with Gasteiger partial charge in [0.2, 0.25) is 0 Å². The molecule has 1 heterocycles. The van der Waals surface area contributed by atoms with E-state index in [1.807, 2.05) is 47.4 Å². The van der Waals surface area contributed by atoms with Crippen molar-refractivity contribution >= 4 is 46.6 Å². The average Bonchev–Trinajstić information content (AvgIpc) is 2.70. The maximum Gasteiger partial charge on any atom is 0.321 e. The summed E-state index contributed by atoms with van der Waals surface area (Å²) in [6, 6.07) is 16.6. The Balaban J connectivity index is 1.43. The maximum absolute atomic E-state index is 12.3. The summed E-state index contributed by atoms with van der Waals surface area (Å²) in [7, 11) is 0. The number of urea groups is 1. The molecule has 0 aliphatic carbocycles. The third kappa shape index (κ3) is 5.74. The minimum atomic E-state index is -0.110. The summed E-state index contributed by atoms with van der Waals surface area (Å²) in [5, 5.41) is 12.1. The van der Waals surface area contributed by atoms with Crippen LogP contribution in [0.3, 0.4) is 0 Å². The van der Waals surface area contributed by atoms with Crippen LogP contribution in [0.5, 0.6) is 0 Å². The van der Waals surface area contributed by atoms with Gasteiger partial charge in [-0.3, -0.25) is 5.41 Å². The van der Waals surface area contributed by atoms with Crippen molar-refractivity contribution in [2.75, 3.05) is 31.5 Å². The first-order chi connectivity index (χ1) is 13.1. The lowest BCUT2D eigenvalue weighted by atomic mass is 10.2. The smallest absolute Gasteiger partial charge is 0.321 e. The quantitative estimate of drug-likeness (QED) is 0.460. The summed E-state index contributed by atoms with van der Waals surface area (Å²) in [6.45, 7) is 2.38. The van der Waals surface area contributed by atoms with Crippen molar-refractivity contribution in [3.05, 3.63) is 65.2 Å². The second-order valence-corrected chi connectivity index (χ2v) is 7.17. The first kappa shape index (κ1) is 19.3. The molecule has 0 aromatic heterocycles. The first-order valence-corrected chi connectivity index (χ1v) is 9.67. The van der Waals surface area contributed by atoms with Gasteiger partial charge in [-0.25, -0.2) is 9.19 Å². The minimum Gasteiger partial charge on any atom is -0.347 e. The number of nitrogens with zero attached hydrogens (tertiary/aromatic N) is 3. The fourth-order valence-electron chi connectivity index (χ4n) is 2.58. The number of rotatable bonds is 3. The zero-order valence-corrected chi connectivity index (χ0v) is 16.2. The first-order valence-electron chi connectivity index (χ1n) is 8.52. The van der Waals surface area contributed by atoms with Crippen LogP contribution < -0.4 is 5.32 Å². The van der Waals surface area contributed by atoms with Crippen molar-refractivity contribution < 1.29 is 4.79 Å². The molecular weight excluding hydrogens is 382 g/mol. The van der Waals surface area contributed by atoms with Crippen LogP contribution in [-0.2, 0) is 0 Å². The Bertz CT molecular complexity index is 805. The molecule has 2 aromatic rings. The Hall–Kier alpha value is -2.51. The van der Waals surface area contributed by atoms with Crippen molar-refractivity contribution in [3.8, 4) is 0 Å². The van der Waals surface area contributed by atoms with E-state index in [0.717, 1.165) is 23.2 Å². The molecule has 1 fully saturated rings. The summed E-state index contributed by atoms with van der Waals surface area (Å²) >= 11 is 6.97. The average molecular weight is 402 g/mol. The third-order valence-electron chi connectivity index (χ3n) is 4.09. The lowest BCUT2D eigenvalue weighted by Gasteiger charge is -2.35. The molecule has 0 saturated carbocycles. The molecule has 2 N–H and O–H groups in total. The summed E-state index contributed by atoms with van der Waals surface area (Å²) in [5.74, 6) is 0. The van der Waals surface area contributed by atoms with Gasteiger partial charge in [-0.15, -0.1) is 0 Å². The molecule has 140 valence electrons. The summed E-state index contributed by atoms with van der Waals surface area (Å²) in [4.78, 5) is 16.0. The van der Waals surface area contributed by atoms with Crippen LogP contribution in [0.15, 0.2) is 59.0 Å². The predicted octanol–water partition coefficient (Wildman–Crippen LogP) is 4.19. The van der Waals surface area contributed by atoms with Gasteiger partial charge in [0.1, 0.15) is 0 Å². The molecule has 8 heteroatoms. The van der Waals surface area contributed by atoms with E-state index in [-0.39, 0.29) is 6.03 Å². The molecule has 6 nitrogen and oxygen atoms in total. The van der Waals surface area contributed by atoms with E-state index in [2.05, 4.69) is 9.71 Å². The molecule has 0 radical (unpaired) electrons. The number of anilines is 1. The number of piperazine rings is 1. The van der Waals surface area contributed by atoms with Crippen LogP contribution in [0.1, 0.15) is 5.56 Å². The Kier molecular flexibility index (Phi) is 6.73. The van der Waals surface area contributed by atoms with Crippen LogP contribution in [0.4, 0.5) is 10.5 Å². The molecule has 0 unspecified atom stereocenters. The molecule has 1 aliphatic heterocycles. The number of amides is 2. The molecule has 2 amide bonds. The number of carbonyl (C=O) groups excluding carboxylic acids is 1. The molecule has 1 saturated heterocycles. The van der Waals surface area contributed by atoms with Crippen LogP contribution in [0.2, 0.25) is 5.02 Å². The summed E-state index contributed by atoms with van der Waals surface area (Å²) in [6.07, 6.45) is 1.71. The Morgan fingerprint density at radius 2 is 1.67 bits per heavy atom. The molecule has 27 heavy (non-hydrogen) atoms. The van der Waals surface area contributed by atoms with Crippen molar-refractivity contribution in [2.24, 2.45) is 4.40 Å². The molecule has 3 rings (SSSR count). The van der Waals surface area contributed by atoms with Crippen LogP contribution in [0.25, 0.3) is 0 Å². The second-order valence-electron chi connectivity index (χ2n) is 5.95. The van der Waals surface area contributed by atoms with E-state index in [9.17, 15) is 4.79 Å². The van der Waals surface area contributed by atoms with E-state index in [1.165, 1.54) is 0 Å². The Labute approximate surface area is 167 Å². The molecule has 0 atom stereocenters. The number of amidine groups is 1. The van der Waals surface area contributed by atoms with Crippen molar-refractivity contribution in [2.45, 2.75) is 0 Å². The summed E-state index contributed by atoms with van der Waals surface area (Å²) in [5.41, 5.74) is 1.71. The second kappa shape index (κ2) is 9.43. The number of hydrogen-bond donors (Lipinski definition) is 2. The maximum atomic E-state index is 12.3. The number of nitrogens with one attached hydrogen (secondary N) is 2. The lowest BCUT2D eigenvalue weighted by molar-refractivity contribution is 0.182. The largest absolute Gasteiger partial charge is 0.347 e. The predicted molar refractivity (Wildman–Crippen MR) is 113 cm³/mol. The number of hydrogen-bond acceptors (Lipinski definition) is 4. The SMILES string of the molecule is N=C(S/N=C/c1ccc(Cl)cc1)N1CCN(C(=O)Nc2ccccc2)CC1. The molecule has 0 bridgehead atoms. The van der Waals surface area contributed by atoms with Gasteiger partial charge in [0, 0.05) is 55.1 Å². The highest BCUT2D eigenvalue weighted by atomic mass is 35.5. The zero-order chi connectivity index (χ0) is 19.1. The minimum absolute atomic E-state index is 0.110. The van der Waals surface area contributed by atoms with E-state index in [4.69, 9.17) is 17.0 Å². The Morgan fingerprint density at radius 3 is 2.33 bits per heavy atom. The van der Waals surface area contributed by atoms with Gasteiger partial charge < -0.3 is 15.1 Å². The van der Waals surface area contributed by atoms with Gasteiger partial charge in [-0.1, -0.05) is 41.9 Å². The van der Waals surface area contributed by atoms with Gasteiger partial charge in [-0.2, -0.15) is 0 Å². The van der Waals surface area contributed by atoms with Crippen LogP contribution in [-0.4, -0.2) is 53.4 Å². The van der Waals surface area contributed by atoms with E-state index in [0.29, 0.717) is 36.4 Å². The fraction of sp³-hybridized carbons (Fsp3) is 0.211. The van der Waals surface area contributed by atoms with Gasteiger partial charge >= 0.3 is 6.03 Å². The molecule has 1 aliphatic rings. The number of carbonyl (C=O) groups is 1. The zero-order valence-electron chi connectivity index (χ0n) is 14.6. The van der Waals surface area contributed by atoms with E-state index in [1.54, 1.807) is 23.2 Å². The van der Waals surface area contributed by atoms with Gasteiger partial charge in [0.05, 0.1) is 0 Å². The monoisotopic (exact) mass is 401 g/mol. The van der Waals surface area contributed by atoms with Gasteiger partial charge in [-0.05, 0) is 29.8 Å². The van der Waals surface area contributed by atoms with Gasteiger partial charge in [0.25, 0.3) is 0 Å². The molecular formula is C19H20ClN5OS. The van der Waals surface area contributed by atoms with Crippen LogP contribution >= 0.6 is 23.5 Å². The summed E-state index contributed by atoms with van der Waals surface area (Å²) < 4.78 is 4.25. The fourth-order valence-corrected chi connectivity index (χ4v) is 3.28. The highest BCUT2D eigenvalue weighted by Gasteiger charge is 2.22. The standard InChI is InChI=1S/C19H20ClN5OS/c20-16-8-6-15(7-9-16)14-22-27-18(21)24-10-12-25(13-11-24)19(26)23-17-4-2-1-3-5-17/h1-9,14,21H,10-13H2,(H,23,26)/b21-18?,22-14+. The highest BCUT2D eigenvalue weighted by molar-refractivity contribution is 8.12. The number of halogens is 1. The third-order valence-corrected chi connectivity index (χ3v) is 4.98. The van der Waals surface area contributed by atoms with Crippen molar-refractivity contribution in [1.29, 1.82) is 5.41 Å². The van der Waals surface area contributed by atoms with Gasteiger partial charge in [0.15, 0.2) is 5.17 Å². The number of benzene rings is 2. The van der Waals surface area contributed by atoms with Crippen molar-refractivity contribution in [3.63, 3.8) is 0 Å². The molecule has 0 spiro atoms. The highest BCUT2D eigenvalue weighted by Crippen LogP contribution is 2.14. The van der Waals surface area contributed by atoms with E-state index >= 15 is 0 Å². The number of para-hydroxylation sites is 1.